The van der Waals surface area contributed by atoms with Gasteiger partial charge in [-0.2, -0.15) is 5.26 Å². The number of imidazole rings is 2. The average molecular weight is 504 g/mol. The van der Waals surface area contributed by atoms with Gasteiger partial charge in [0.25, 0.3) is 0 Å². The van der Waals surface area contributed by atoms with Crippen LogP contribution < -0.4 is 5.69 Å². The van der Waals surface area contributed by atoms with Crippen LogP contribution in [0.3, 0.4) is 0 Å². The quantitative estimate of drug-likeness (QED) is 0.264. The lowest BCUT2D eigenvalue weighted by Gasteiger charge is -2.29. The van der Waals surface area contributed by atoms with Gasteiger partial charge in [-0.3, -0.25) is 13.5 Å². The number of nitriles is 1. The summed E-state index contributed by atoms with van der Waals surface area (Å²) in [5, 5.41) is 9.34. The first-order valence-electron chi connectivity index (χ1n) is 12.7. The molecule has 1 fully saturated rings. The zero-order valence-electron chi connectivity index (χ0n) is 21.4. The third kappa shape index (κ3) is 4.61. The average Bonchev–Trinajstić information content (AvgIpc) is 3.39. The molecule has 0 saturated heterocycles. The summed E-state index contributed by atoms with van der Waals surface area (Å²) in [5.74, 6) is 0.856. The first kappa shape index (κ1) is 24.4. The molecule has 0 radical (unpaired) electrons. The molecule has 5 rings (SSSR count). The molecule has 1 aliphatic rings. The highest BCUT2D eigenvalue weighted by molar-refractivity contribution is 6.76. The number of rotatable bonds is 7. The van der Waals surface area contributed by atoms with Crippen LogP contribution in [0.15, 0.2) is 35.5 Å². The van der Waals surface area contributed by atoms with Gasteiger partial charge < -0.3 is 4.74 Å². The smallest absolute Gasteiger partial charge is 0.332 e. The van der Waals surface area contributed by atoms with Gasteiger partial charge in [0, 0.05) is 26.9 Å². The van der Waals surface area contributed by atoms with Gasteiger partial charge in [0.2, 0.25) is 0 Å². The summed E-state index contributed by atoms with van der Waals surface area (Å²) in [5.41, 5.74) is 3.13. The Morgan fingerprint density at radius 2 is 1.97 bits per heavy atom. The van der Waals surface area contributed by atoms with Gasteiger partial charge in [0.05, 0.1) is 18.0 Å². The monoisotopic (exact) mass is 503 g/mol. The lowest BCUT2D eigenvalue weighted by Crippen LogP contribution is -2.32. The maximum atomic E-state index is 13.8. The molecule has 2 atom stereocenters. The lowest BCUT2D eigenvalue weighted by atomic mass is 9.86. The molecule has 4 aromatic rings. The van der Waals surface area contributed by atoms with Crippen LogP contribution in [0, 0.1) is 17.2 Å². The van der Waals surface area contributed by atoms with Crippen molar-refractivity contribution in [2.24, 2.45) is 5.92 Å². The summed E-state index contributed by atoms with van der Waals surface area (Å²) < 4.78 is 11.3. The van der Waals surface area contributed by atoms with E-state index in [1.54, 1.807) is 35.3 Å². The summed E-state index contributed by atoms with van der Waals surface area (Å²) in [6, 6.07) is 6.84. The highest BCUT2D eigenvalue weighted by atomic mass is 28.3. The second-order valence-electron chi connectivity index (χ2n) is 11.1. The molecule has 0 N–H and O–H groups in total. The number of fused-ring (bicyclic) bond motifs is 2. The van der Waals surface area contributed by atoms with Crippen molar-refractivity contribution < 1.29 is 4.74 Å². The van der Waals surface area contributed by atoms with E-state index in [2.05, 4.69) is 42.6 Å². The van der Waals surface area contributed by atoms with Crippen molar-refractivity contribution in [1.82, 2.24) is 28.5 Å². The van der Waals surface area contributed by atoms with E-state index in [4.69, 9.17) is 9.72 Å². The second kappa shape index (κ2) is 9.63. The number of nitrogens with zero attached hydrogens (tertiary/aromatic N) is 7. The Balaban J connectivity index is 1.60. The number of ether oxygens (including phenoxy) is 1. The standard InChI is InChI=1S/C26H33N7O2Si/c1-18-7-5-6-8-20(18)33-25-22(32(26(33)34)17-35-11-12-36(2,3)4)15-29-24(30-25)21-14-28-23-10-9-19(13-27)16-31(21)23/h9-10,14-16,18,20H,5-8,11-12,17H2,1-4H3/t18-,20+/m1/s1. The maximum absolute atomic E-state index is 13.8. The van der Waals surface area contributed by atoms with Gasteiger partial charge in [0.1, 0.15) is 29.7 Å². The molecule has 188 valence electrons. The molecule has 0 spiro atoms. The fourth-order valence-corrected chi connectivity index (χ4v) is 5.79. The van der Waals surface area contributed by atoms with E-state index in [9.17, 15) is 10.1 Å². The Hall–Kier alpha value is -3.29. The summed E-state index contributed by atoms with van der Waals surface area (Å²) in [6.07, 6.45) is 9.50. The molecule has 1 saturated carbocycles. The van der Waals surface area contributed by atoms with Crippen LogP contribution >= 0.6 is 0 Å². The van der Waals surface area contributed by atoms with Crippen molar-refractivity contribution in [2.45, 2.75) is 71.1 Å². The van der Waals surface area contributed by atoms with E-state index in [0.29, 0.717) is 46.4 Å². The summed E-state index contributed by atoms with van der Waals surface area (Å²) in [6.45, 7) is 9.99. The fourth-order valence-electron chi connectivity index (χ4n) is 5.03. The Kier molecular flexibility index (Phi) is 6.53. The van der Waals surface area contributed by atoms with Crippen molar-refractivity contribution in [3.05, 3.63) is 46.8 Å². The molecule has 0 aliphatic heterocycles. The van der Waals surface area contributed by atoms with E-state index < -0.39 is 8.07 Å². The van der Waals surface area contributed by atoms with Gasteiger partial charge in [0.15, 0.2) is 11.5 Å². The van der Waals surface area contributed by atoms with Crippen LogP contribution in [0.4, 0.5) is 0 Å². The van der Waals surface area contributed by atoms with Gasteiger partial charge in [-0.15, -0.1) is 0 Å². The summed E-state index contributed by atoms with van der Waals surface area (Å²) in [4.78, 5) is 27.7. The largest absolute Gasteiger partial charge is 0.361 e. The third-order valence-electron chi connectivity index (χ3n) is 7.18. The molecule has 1 aliphatic carbocycles. The Morgan fingerprint density at radius 1 is 1.17 bits per heavy atom. The van der Waals surface area contributed by atoms with Crippen molar-refractivity contribution in [3.63, 3.8) is 0 Å². The highest BCUT2D eigenvalue weighted by Crippen LogP contribution is 2.34. The van der Waals surface area contributed by atoms with Crippen LogP contribution in [0.1, 0.15) is 44.2 Å². The van der Waals surface area contributed by atoms with Crippen molar-refractivity contribution in [2.75, 3.05) is 6.61 Å². The summed E-state index contributed by atoms with van der Waals surface area (Å²) >= 11 is 0. The van der Waals surface area contributed by atoms with Crippen molar-refractivity contribution in [1.29, 1.82) is 5.26 Å². The molecular formula is C26H33N7O2Si. The highest BCUT2D eigenvalue weighted by Gasteiger charge is 2.29. The van der Waals surface area contributed by atoms with Gasteiger partial charge >= 0.3 is 5.69 Å². The van der Waals surface area contributed by atoms with E-state index in [-0.39, 0.29) is 18.5 Å². The number of aromatic nitrogens is 6. The molecule has 9 nitrogen and oxygen atoms in total. The van der Waals surface area contributed by atoms with Gasteiger partial charge in [-0.05, 0) is 36.9 Å². The van der Waals surface area contributed by atoms with Gasteiger partial charge in [-0.25, -0.2) is 19.7 Å². The molecule has 0 amide bonds. The molecule has 36 heavy (non-hydrogen) atoms. The minimum atomic E-state index is -1.23. The zero-order valence-corrected chi connectivity index (χ0v) is 22.4. The van der Waals surface area contributed by atoms with E-state index in [1.165, 1.54) is 6.42 Å². The first-order valence-corrected chi connectivity index (χ1v) is 16.4. The molecule has 10 heteroatoms. The third-order valence-corrected chi connectivity index (χ3v) is 8.89. The molecule has 0 unspecified atom stereocenters. The zero-order chi connectivity index (χ0) is 25.4. The molecule has 4 aromatic heterocycles. The lowest BCUT2D eigenvalue weighted by molar-refractivity contribution is 0.0863. The first-order chi connectivity index (χ1) is 17.3. The minimum absolute atomic E-state index is 0.0897. The van der Waals surface area contributed by atoms with E-state index in [1.807, 2.05) is 8.97 Å². The van der Waals surface area contributed by atoms with Crippen LogP contribution in [0.2, 0.25) is 25.7 Å². The van der Waals surface area contributed by atoms with E-state index in [0.717, 1.165) is 25.3 Å². The van der Waals surface area contributed by atoms with E-state index >= 15 is 0 Å². The fraction of sp³-hybridized carbons (Fsp3) is 0.500. The predicted molar refractivity (Wildman–Crippen MR) is 141 cm³/mol. The van der Waals surface area contributed by atoms with Crippen molar-refractivity contribution in [3.8, 4) is 17.6 Å². The van der Waals surface area contributed by atoms with Crippen LogP contribution in [-0.4, -0.2) is 43.2 Å². The van der Waals surface area contributed by atoms with Gasteiger partial charge in [-0.1, -0.05) is 39.4 Å². The SMILES string of the molecule is C[C@@H]1CCCC[C@@H]1n1c(=O)n(COCC[Si](C)(C)C)c2cnc(-c3cnc4ccc(C#N)cn34)nc21. The number of pyridine rings is 1. The molecular weight excluding hydrogens is 470 g/mol. The maximum Gasteiger partial charge on any atom is 0.332 e. The molecule has 0 aromatic carbocycles. The molecule has 0 bridgehead atoms. The topological polar surface area (TPSA) is 103 Å². The number of hydrogen-bond acceptors (Lipinski definition) is 6. The van der Waals surface area contributed by atoms with Crippen molar-refractivity contribution >= 4 is 24.9 Å². The summed E-state index contributed by atoms with van der Waals surface area (Å²) in [7, 11) is -1.23. The van der Waals surface area contributed by atoms with Crippen LogP contribution in [0.25, 0.3) is 28.3 Å². The normalized spacial score (nSPS) is 18.6. The second-order valence-corrected chi connectivity index (χ2v) is 16.7. The predicted octanol–water partition coefficient (Wildman–Crippen LogP) is 4.84. The Morgan fingerprint density at radius 3 is 2.72 bits per heavy atom. The Bertz CT molecular complexity index is 1510. The molecule has 4 heterocycles. The van der Waals surface area contributed by atoms with Crippen LogP contribution in [0.5, 0.6) is 0 Å². The number of hydrogen-bond donors (Lipinski definition) is 0. The minimum Gasteiger partial charge on any atom is -0.361 e. The van der Waals surface area contributed by atoms with Crippen LogP contribution in [-0.2, 0) is 11.5 Å². The Labute approximate surface area is 211 Å².